The summed E-state index contributed by atoms with van der Waals surface area (Å²) in [7, 11) is 0. The van der Waals surface area contributed by atoms with E-state index < -0.39 is 0 Å². The Morgan fingerprint density at radius 3 is 2.60 bits per heavy atom. The summed E-state index contributed by atoms with van der Waals surface area (Å²) in [5.74, 6) is -0.502. The van der Waals surface area contributed by atoms with Crippen LogP contribution in [0.5, 0.6) is 0 Å². The van der Waals surface area contributed by atoms with Crippen LogP contribution in [-0.4, -0.2) is 26.3 Å². The standard InChI is InChI=1S/C21H17N5O3S/c1-13(27)23-15-8-6-14(7-9-15)18-11-30-21(24-18)25-19(28)10-26-12-22-17-5-3-2-4-16(17)20(26)29/h2-9,11-12H,10H2,1H3,(H,23,27)(H,24,25,28). The number of para-hydroxylation sites is 1. The molecule has 2 heterocycles. The molecular formula is C21H17N5O3S. The largest absolute Gasteiger partial charge is 0.326 e. The molecule has 2 N–H and O–H groups in total. The van der Waals surface area contributed by atoms with Crippen molar-refractivity contribution in [3.63, 3.8) is 0 Å². The van der Waals surface area contributed by atoms with Gasteiger partial charge in [0.2, 0.25) is 11.8 Å². The van der Waals surface area contributed by atoms with Crippen molar-refractivity contribution >= 4 is 44.9 Å². The van der Waals surface area contributed by atoms with Gasteiger partial charge < -0.3 is 10.6 Å². The van der Waals surface area contributed by atoms with Gasteiger partial charge in [-0.25, -0.2) is 9.97 Å². The molecule has 0 fully saturated rings. The van der Waals surface area contributed by atoms with Gasteiger partial charge in [0.25, 0.3) is 5.56 Å². The molecule has 4 rings (SSSR count). The highest BCUT2D eigenvalue weighted by atomic mass is 32.1. The highest BCUT2D eigenvalue weighted by molar-refractivity contribution is 7.14. The number of nitrogens with one attached hydrogen (secondary N) is 2. The van der Waals surface area contributed by atoms with E-state index >= 15 is 0 Å². The van der Waals surface area contributed by atoms with Crippen molar-refractivity contribution in [2.45, 2.75) is 13.5 Å². The number of hydrogen-bond donors (Lipinski definition) is 2. The van der Waals surface area contributed by atoms with E-state index in [-0.39, 0.29) is 23.9 Å². The quantitative estimate of drug-likeness (QED) is 0.517. The summed E-state index contributed by atoms with van der Waals surface area (Å²) in [6.45, 7) is 1.29. The number of aromatic nitrogens is 3. The SMILES string of the molecule is CC(=O)Nc1ccc(-c2csc(NC(=O)Cn3cnc4ccccc4c3=O)n2)cc1. The summed E-state index contributed by atoms with van der Waals surface area (Å²) in [5.41, 5.74) is 2.58. The van der Waals surface area contributed by atoms with E-state index in [4.69, 9.17) is 0 Å². The van der Waals surface area contributed by atoms with Gasteiger partial charge in [-0.15, -0.1) is 11.3 Å². The van der Waals surface area contributed by atoms with E-state index in [1.54, 1.807) is 36.4 Å². The third-order valence-electron chi connectivity index (χ3n) is 4.30. The molecule has 2 aromatic carbocycles. The number of amides is 2. The van der Waals surface area contributed by atoms with Crippen molar-refractivity contribution in [1.29, 1.82) is 0 Å². The van der Waals surface area contributed by atoms with Gasteiger partial charge in [-0.05, 0) is 24.3 Å². The van der Waals surface area contributed by atoms with Gasteiger partial charge in [0.15, 0.2) is 5.13 Å². The Morgan fingerprint density at radius 2 is 1.83 bits per heavy atom. The number of hydrogen-bond acceptors (Lipinski definition) is 6. The second-order valence-corrected chi connectivity index (χ2v) is 7.40. The van der Waals surface area contributed by atoms with Gasteiger partial charge in [-0.3, -0.25) is 19.0 Å². The lowest BCUT2D eigenvalue weighted by atomic mass is 10.1. The Bertz CT molecular complexity index is 1290. The zero-order valence-corrected chi connectivity index (χ0v) is 16.8. The Labute approximate surface area is 175 Å². The van der Waals surface area contributed by atoms with E-state index in [9.17, 15) is 14.4 Å². The van der Waals surface area contributed by atoms with E-state index in [1.807, 2.05) is 17.5 Å². The zero-order chi connectivity index (χ0) is 21.1. The number of carbonyl (C=O) groups excluding carboxylic acids is 2. The van der Waals surface area contributed by atoms with Gasteiger partial charge in [-0.2, -0.15) is 0 Å². The van der Waals surface area contributed by atoms with Crippen LogP contribution >= 0.6 is 11.3 Å². The van der Waals surface area contributed by atoms with E-state index in [0.29, 0.717) is 27.4 Å². The first-order chi connectivity index (χ1) is 14.5. The highest BCUT2D eigenvalue weighted by Crippen LogP contribution is 2.26. The average molecular weight is 419 g/mol. The third kappa shape index (κ3) is 4.26. The first-order valence-corrected chi connectivity index (χ1v) is 9.95. The molecule has 150 valence electrons. The van der Waals surface area contributed by atoms with Gasteiger partial charge in [0, 0.05) is 23.6 Å². The Morgan fingerprint density at radius 1 is 1.07 bits per heavy atom. The molecule has 4 aromatic rings. The monoisotopic (exact) mass is 419 g/mol. The van der Waals surface area contributed by atoms with Crippen molar-refractivity contribution in [2.24, 2.45) is 0 Å². The molecule has 2 amide bonds. The third-order valence-corrected chi connectivity index (χ3v) is 5.05. The number of benzene rings is 2. The first-order valence-electron chi connectivity index (χ1n) is 9.07. The molecule has 2 aromatic heterocycles. The van der Waals surface area contributed by atoms with Gasteiger partial charge in [0.1, 0.15) is 6.54 Å². The fraction of sp³-hybridized carbons (Fsp3) is 0.0952. The molecule has 0 radical (unpaired) electrons. The van der Waals surface area contributed by atoms with Gasteiger partial charge >= 0.3 is 0 Å². The number of anilines is 2. The maximum atomic E-state index is 12.5. The molecule has 8 nitrogen and oxygen atoms in total. The lowest BCUT2D eigenvalue weighted by Crippen LogP contribution is -2.27. The van der Waals surface area contributed by atoms with E-state index in [2.05, 4.69) is 20.6 Å². The lowest BCUT2D eigenvalue weighted by Gasteiger charge is -2.06. The molecule has 0 atom stereocenters. The number of nitrogens with zero attached hydrogens (tertiary/aromatic N) is 3. The van der Waals surface area contributed by atoms with Gasteiger partial charge in [0.05, 0.1) is 22.9 Å². The van der Waals surface area contributed by atoms with Crippen molar-refractivity contribution in [2.75, 3.05) is 10.6 Å². The number of rotatable bonds is 5. The molecule has 30 heavy (non-hydrogen) atoms. The molecule has 0 aliphatic rings. The van der Waals surface area contributed by atoms with Crippen LogP contribution in [0.25, 0.3) is 22.2 Å². The van der Waals surface area contributed by atoms with Crippen LogP contribution in [0, 0.1) is 0 Å². The van der Waals surface area contributed by atoms with Crippen LogP contribution in [-0.2, 0) is 16.1 Å². The summed E-state index contributed by atoms with van der Waals surface area (Å²) < 4.78 is 1.27. The molecule has 0 aliphatic heterocycles. The van der Waals surface area contributed by atoms with Gasteiger partial charge in [-0.1, -0.05) is 24.3 Å². The number of carbonyl (C=O) groups is 2. The van der Waals surface area contributed by atoms with Crippen molar-refractivity contribution in [3.05, 3.63) is 70.6 Å². The predicted octanol–water partition coefficient (Wildman–Crippen LogP) is 3.12. The van der Waals surface area contributed by atoms with Crippen LogP contribution in [0.4, 0.5) is 10.8 Å². The Hall–Kier alpha value is -3.85. The topological polar surface area (TPSA) is 106 Å². The summed E-state index contributed by atoms with van der Waals surface area (Å²) in [6.07, 6.45) is 1.37. The fourth-order valence-corrected chi connectivity index (χ4v) is 3.66. The predicted molar refractivity (Wildman–Crippen MR) is 116 cm³/mol. The minimum atomic E-state index is -0.365. The zero-order valence-electron chi connectivity index (χ0n) is 16.0. The number of fused-ring (bicyclic) bond motifs is 1. The minimum Gasteiger partial charge on any atom is -0.326 e. The second kappa shape index (κ2) is 8.26. The van der Waals surface area contributed by atoms with E-state index in [0.717, 1.165) is 5.56 Å². The van der Waals surface area contributed by atoms with Crippen LogP contribution in [0.2, 0.25) is 0 Å². The Kier molecular flexibility index (Phi) is 5.36. The van der Waals surface area contributed by atoms with E-state index in [1.165, 1.54) is 29.2 Å². The number of thiazole rings is 1. The summed E-state index contributed by atoms with van der Waals surface area (Å²) >= 11 is 1.29. The van der Waals surface area contributed by atoms with Crippen LogP contribution in [0.15, 0.2) is 65.0 Å². The van der Waals surface area contributed by atoms with Crippen LogP contribution < -0.4 is 16.2 Å². The molecular weight excluding hydrogens is 402 g/mol. The van der Waals surface area contributed by atoms with Crippen LogP contribution in [0.3, 0.4) is 0 Å². The molecule has 0 unspecified atom stereocenters. The summed E-state index contributed by atoms with van der Waals surface area (Å²) in [5, 5.41) is 8.15. The van der Waals surface area contributed by atoms with Crippen molar-refractivity contribution < 1.29 is 9.59 Å². The smallest absolute Gasteiger partial charge is 0.261 e. The summed E-state index contributed by atoms with van der Waals surface area (Å²) in [4.78, 5) is 44.6. The second-order valence-electron chi connectivity index (χ2n) is 6.54. The normalized spacial score (nSPS) is 10.7. The average Bonchev–Trinajstić information content (AvgIpc) is 3.19. The molecule has 0 spiro atoms. The molecule has 0 bridgehead atoms. The summed E-state index contributed by atoms with van der Waals surface area (Å²) in [6, 6.07) is 14.2. The van der Waals surface area contributed by atoms with Crippen LogP contribution in [0.1, 0.15) is 6.92 Å². The Balaban J connectivity index is 1.45. The molecule has 0 aliphatic carbocycles. The fourth-order valence-electron chi connectivity index (χ4n) is 2.92. The molecule has 0 saturated heterocycles. The maximum Gasteiger partial charge on any atom is 0.261 e. The maximum absolute atomic E-state index is 12.5. The van der Waals surface area contributed by atoms with Crippen molar-refractivity contribution in [1.82, 2.24) is 14.5 Å². The first kappa shape index (κ1) is 19.5. The minimum absolute atomic E-state index is 0.137. The van der Waals surface area contributed by atoms with Crippen molar-refractivity contribution in [3.8, 4) is 11.3 Å². The lowest BCUT2D eigenvalue weighted by molar-refractivity contribution is -0.117. The molecule has 0 saturated carbocycles. The molecule has 9 heteroatoms. The highest BCUT2D eigenvalue weighted by Gasteiger charge is 2.11.